The summed E-state index contributed by atoms with van der Waals surface area (Å²) < 4.78 is 7.86. The topological polar surface area (TPSA) is 21.3 Å². The predicted molar refractivity (Wildman–Crippen MR) is 94.6 cm³/mol. The van der Waals surface area contributed by atoms with E-state index in [1.165, 1.54) is 11.1 Å². The van der Waals surface area contributed by atoms with E-state index in [1.807, 2.05) is 18.2 Å². The molecule has 0 aromatic heterocycles. The summed E-state index contributed by atoms with van der Waals surface area (Å²) in [4.78, 5) is 0. The summed E-state index contributed by atoms with van der Waals surface area (Å²) in [6, 6.07) is 14.4. The SMILES string of the molecule is CCCNCc1cccc(COc2ccc(Br)cc2Br)c1. The molecule has 0 radical (unpaired) electrons. The van der Waals surface area contributed by atoms with E-state index in [0.717, 1.165) is 34.2 Å². The summed E-state index contributed by atoms with van der Waals surface area (Å²) in [5.41, 5.74) is 2.47. The van der Waals surface area contributed by atoms with Gasteiger partial charge >= 0.3 is 0 Å². The summed E-state index contributed by atoms with van der Waals surface area (Å²) in [5.74, 6) is 0.854. The van der Waals surface area contributed by atoms with Crippen molar-refractivity contribution in [2.45, 2.75) is 26.5 Å². The third-order valence-electron chi connectivity index (χ3n) is 3.04. The number of hydrogen-bond donors (Lipinski definition) is 1. The van der Waals surface area contributed by atoms with Gasteiger partial charge in [0.15, 0.2) is 0 Å². The molecule has 0 saturated carbocycles. The van der Waals surface area contributed by atoms with Crippen LogP contribution in [-0.2, 0) is 13.2 Å². The Balaban J connectivity index is 1.95. The van der Waals surface area contributed by atoms with Crippen molar-refractivity contribution >= 4 is 31.9 Å². The van der Waals surface area contributed by atoms with Gasteiger partial charge < -0.3 is 10.1 Å². The maximum absolute atomic E-state index is 5.87. The zero-order valence-electron chi connectivity index (χ0n) is 12.0. The van der Waals surface area contributed by atoms with Crippen LogP contribution in [0.2, 0.25) is 0 Å². The van der Waals surface area contributed by atoms with Crippen molar-refractivity contribution in [2.75, 3.05) is 6.54 Å². The summed E-state index contributed by atoms with van der Waals surface area (Å²) >= 11 is 6.95. The van der Waals surface area contributed by atoms with Gasteiger partial charge in [0.25, 0.3) is 0 Å². The molecule has 0 bridgehead atoms. The molecule has 0 heterocycles. The van der Waals surface area contributed by atoms with Gasteiger partial charge in [0.1, 0.15) is 12.4 Å². The second-order valence-corrected chi connectivity index (χ2v) is 6.63. The summed E-state index contributed by atoms with van der Waals surface area (Å²) in [5, 5.41) is 3.41. The lowest BCUT2D eigenvalue weighted by molar-refractivity contribution is 0.304. The van der Waals surface area contributed by atoms with Crippen molar-refractivity contribution in [3.8, 4) is 5.75 Å². The van der Waals surface area contributed by atoms with Crippen LogP contribution < -0.4 is 10.1 Å². The van der Waals surface area contributed by atoms with Crippen LogP contribution >= 0.6 is 31.9 Å². The van der Waals surface area contributed by atoms with E-state index in [-0.39, 0.29) is 0 Å². The zero-order chi connectivity index (χ0) is 15.1. The van der Waals surface area contributed by atoms with Crippen LogP contribution in [0, 0.1) is 0 Å². The smallest absolute Gasteiger partial charge is 0.134 e. The second kappa shape index (κ2) is 8.57. The third-order valence-corrected chi connectivity index (χ3v) is 4.15. The second-order valence-electron chi connectivity index (χ2n) is 4.86. The van der Waals surface area contributed by atoms with Crippen LogP contribution in [0.15, 0.2) is 51.4 Å². The van der Waals surface area contributed by atoms with E-state index in [4.69, 9.17) is 4.74 Å². The molecule has 0 unspecified atom stereocenters. The molecule has 1 N–H and O–H groups in total. The van der Waals surface area contributed by atoms with Crippen molar-refractivity contribution in [3.05, 3.63) is 62.5 Å². The quantitative estimate of drug-likeness (QED) is 0.623. The maximum atomic E-state index is 5.87. The highest BCUT2D eigenvalue weighted by Crippen LogP contribution is 2.28. The monoisotopic (exact) mass is 411 g/mol. The number of benzene rings is 2. The highest BCUT2D eigenvalue weighted by molar-refractivity contribution is 9.11. The molecular formula is C17H19Br2NO. The fourth-order valence-corrected chi connectivity index (χ4v) is 3.15. The van der Waals surface area contributed by atoms with E-state index in [0.29, 0.717) is 6.61 Å². The Morgan fingerprint density at radius 2 is 1.86 bits per heavy atom. The molecule has 2 aromatic carbocycles. The average Bonchev–Trinajstić information content (AvgIpc) is 2.47. The van der Waals surface area contributed by atoms with Crippen molar-refractivity contribution in [2.24, 2.45) is 0 Å². The lowest BCUT2D eigenvalue weighted by Gasteiger charge is -2.10. The van der Waals surface area contributed by atoms with Gasteiger partial charge in [-0.1, -0.05) is 47.1 Å². The Labute approximate surface area is 143 Å². The molecule has 0 spiro atoms. The number of ether oxygens (including phenoxy) is 1. The lowest BCUT2D eigenvalue weighted by atomic mass is 10.1. The third kappa shape index (κ3) is 5.46. The molecule has 0 aliphatic heterocycles. The molecule has 2 aromatic rings. The number of nitrogens with one attached hydrogen (secondary N) is 1. The highest BCUT2D eigenvalue weighted by Gasteiger charge is 2.03. The molecule has 4 heteroatoms. The Bertz CT molecular complexity index is 587. The molecule has 21 heavy (non-hydrogen) atoms. The van der Waals surface area contributed by atoms with Crippen LogP contribution in [0.4, 0.5) is 0 Å². The average molecular weight is 413 g/mol. The molecule has 2 nitrogen and oxygen atoms in total. The van der Waals surface area contributed by atoms with E-state index < -0.39 is 0 Å². The molecule has 0 atom stereocenters. The minimum Gasteiger partial charge on any atom is -0.488 e. The maximum Gasteiger partial charge on any atom is 0.134 e. The minimum absolute atomic E-state index is 0.571. The van der Waals surface area contributed by atoms with Gasteiger partial charge in [-0.25, -0.2) is 0 Å². The van der Waals surface area contributed by atoms with Crippen molar-refractivity contribution in [1.29, 1.82) is 0 Å². The van der Waals surface area contributed by atoms with Gasteiger partial charge in [-0.3, -0.25) is 0 Å². The van der Waals surface area contributed by atoms with Gasteiger partial charge in [0, 0.05) is 11.0 Å². The van der Waals surface area contributed by atoms with Crippen molar-refractivity contribution in [1.82, 2.24) is 5.32 Å². The van der Waals surface area contributed by atoms with Gasteiger partial charge in [-0.15, -0.1) is 0 Å². The predicted octanol–water partition coefficient (Wildman–Crippen LogP) is 5.29. The van der Waals surface area contributed by atoms with E-state index >= 15 is 0 Å². The zero-order valence-corrected chi connectivity index (χ0v) is 15.2. The normalized spacial score (nSPS) is 10.6. The van der Waals surface area contributed by atoms with Gasteiger partial charge in [-0.05, 0) is 58.2 Å². The Morgan fingerprint density at radius 3 is 2.62 bits per heavy atom. The molecule has 0 amide bonds. The summed E-state index contributed by atoms with van der Waals surface area (Å²) in [6.07, 6.45) is 1.15. The number of hydrogen-bond acceptors (Lipinski definition) is 2. The van der Waals surface area contributed by atoms with Crippen LogP contribution in [-0.4, -0.2) is 6.54 Å². The van der Waals surface area contributed by atoms with Gasteiger partial charge in [0.2, 0.25) is 0 Å². The highest BCUT2D eigenvalue weighted by atomic mass is 79.9. The van der Waals surface area contributed by atoms with Crippen LogP contribution in [0.25, 0.3) is 0 Å². The molecule has 0 saturated heterocycles. The van der Waals surface area contributed by atoms with Gasteiger partial charge in [-0.2, -0.15) is 0 Å². The first-order valence-electron chi connectivity index (χ1n) is 7.05. The fourth-order valence-electron chi connectivity index (χ4n) is 1.99. The molecule has 0 aliphatic carbocycles. The molecule has 112 valence electrons. The molecule has 0 fully saturated rings. The Kier molecular flexibility index (Phi) is 6.74. The minimum atomic E-state index is 0.571. The van der Waals surface area contributed by atoms with Crippen LogP contribution in [0.5, 0.6) is 5.75 Å². The first kappa shape index (κ1) is 16.5. The largest absolute Gasteiger partial charge is 0.488 e. The first-order valence-corrected chi connectivity index (χ1v) is 8.64. The number of halogens is 2. The Morgan fingerprint density at radius 1 is 1.05 bits per heavy atom. The van der Waals surface area contributed by atoms with Crippen molar-refractivity contribution in [3.63, 3.8) is 0 Å². The molecule has 2 rings (SSSR count). The summed E-state index contributed by atoms with van der Waals surface area (Å²) in [6.45, 7) is 4.70. The van der Waals surface area contributed by atoms with Crippen LogP contribution in [0.1, 0.15) is 24.5 Å². The van der Waals surface area contributed by atoms with E-state index in [2.05, 4.69) is 68.4 Å². The number of rotatable bonds is 7. The van der Waals surface area contributed by atoms with Crippen molar-refractivity contribution < 1.29 is 4.74 Å². The molecule has 0 aliphatic rings. The van der Waals surface area contributed by atoms with E-state index in [9.17, 15) is 0 Å². The van der Waals surface area contributed by atoms with E-state index in [1.54, 1.807) is 0 Å². The molecular weight excluding hydrogens is 394 g/mol. The Hall–Kier alpha value is -0.840. The van der Waals surface area contributed by atoms with Crippen LogP contribution in [0.3, 0.4) is 0 Å². The standard InChI is InChI=1S/C17H19Br2NO/c1-2-8-20-11-13-4-3-5-14(9-13)12-21-17-7-6-15(18)10-16(17)19/h3-7,9-10,20H,2,8,11-12H2,1H3. The lowest BCUT2D eigenvalue weighted by Crippen LogP contribution is -2.13. The summed E-state index contributed by atoms with van der Waals surface area (Å²) in [7, 11) is 0. The van der Waals surface area contributed by atoms with Gasteiger partial charge in [0.05, 0.1) is 4.47 Å². The first-order chi connectivity index (χ1) is 10.2. The fraction of sp³-hybridized carbons (Fsp3) is 0.294.